The molecule has 1 unspecified atom stereocenters. The zero-order chi connectivity index (χ0) is 15.0. The molecule has 20 heavy (non-hydrogen) atoms. The maximum Gasteiger partial charge on any atom is 0.0406 e. The normalized spacial score (nSPS) is 23.1. The molecule has 1 saturated carbocycles. The first-order valence-electron chi connectivity index (χ1n) is 6.99. The third kappa shape index (κ3) is 3.05. The summed E-state index contributed by atoms with van der Waals surface area (Å²) in [6, 6.07) is 8.02. The second-order valence-electron chi connectivity index (χ2n) is 6.70. The second-order valence-corrected chi connectivity index (χ2v) is 10.2. The lowest BCUT2D eigenvalue weighted by Crippen LogP contribution is -2.36. The molecule has 0 saturated heterocycles. The summed E-state index contributed by atoms with van der Waals surface area (Å²) < 4.78 is 15.0. The zero-order valence-corrected chi connectivity index (χ0v) is 14.3. The Morgan fingerprint density at radius 3 is 2.20 bits per heavy atom. The highest BCUT2D eigenvalue weighted by molar-refractivity contribution is 8.28. The Hall–Kier alpha value is -0.510. The maximum atomic E-state index is 10.6. The Balaban J connectivity index is 2.27. The fraction of sp³-hybridized carbons (Fsp3) is 0.562. The SMILES string of the molecule is CC(C)(C)S(C)(O)N=CC1(c2ccc(Cl)cc2)CCC1. The van der Waals surface area contributed by atoms with Crippen LogP contribution in [0, 0.1) is 0 Å². The minimum Gasteiger partial charge on any atom is -0.331 e. The van der Waals surface area contributed by atoms with Gasteiger partial charge in [0.2, 0.25) is 0 Å². The third-order valence-corrected chi connectivity index (χ3v) is 7.42. The van der Waals surface area contributed by atoms with Crippen molar-refractivity contribution in [2.24, 2.45) is 4.40 Å². The average molecular weight is 314 g/mol. The van der Waals surface area contributed by atoms with Gasteiger partial charge in [0.25, 0.3) is 0 Å². The second kappa shape index (κ2) is 5.36. The molecule has 1 atom stereocenters. The van der Waals surface area contributed by atoms with E-state index in [1.165, 1.54) is 12.0 Å². The lowest BCUT2D eigenvalue weighted by Gasteiger charge is -2.42. The molecule has 0 radical (unpaired) electrons. The monoisotopic (exact) mass is 313 g/mol. The van der Waals surface area contributed by atoms with Gasteiger partial charge in [0.05, 0.1) is 0 Å². The average Bonchev–Trinajstić information content (AvgIpc) is 2.28. The lowest BCUT2D eigenvalue weighted by atomic mass is 9.65. The van der Waals surface area contributed by atoms with Crippen molar-refractivity contribution in [3.05, 3.63) is 34.9 Å². The Labute approximate surface area is 128 Å². The molecule has 0 aliphatic heterocycles. The molecule has 112 valence electrons. The first kappa shape index (κ1) is 15.9. The molecule has 1 aliphatic carbocycles. The molecule has 1 aliphatic rings. The van der Waals surface area contributed by atoms with E-state index in [0.717, 1.165) is 17.9 Å². The standard InChI is InChI=1S/C16H24ClNOS/c1-15(2,3)20(4,19)18-12-16(10-5-11-16)13-6-8-14(17)9-7-13/h6-9,12,19H,5,10-11H2,1-4H3. The summed E-state index contributed by atoms with van der Waals surface area (Å²) in [6.45, 7) is 6.11. The van der Waals surface area contributed by atoms with Crippen LogP contribution in [-0.2, 0) is 5.41 Å². The molecule has 0 heterocycles. The van der Waals surface area contributed by atoms with Crippen molar-refractivity contribution < 1.29 is 4.55 Å². The molecule has 4 heteroatoms. The van der Waals surface area contributed by atoms with Gasteiger partial charge in [0, 0.05) is 27.7 Å². The Morgan fingerprint density at radius 2 is 1.80 bits per heavy atom. The molecule has 1 N–H and O–H groups in total. The van der Waals surface area contributed by atoms with Crippen LogP contribution in [0.4, 0.5) is 0 Å². The van der Waals surface area contributed by atoms with Crippen LogP contribution >= 0.6 is 22.1 Å². The quantitative estimate of drug-likeness (QED) is 0.739. The van der Waals surface area contributed by atoms with Crippen molar-refractivity contribution in [3.8, 4) is 0 Å². The molecule has 0 aromatic heterocycles. The summed E-state index contributed by atoms with van der Waals surface area (Å²) in [5.41, 5.74) is 1.24. The molecule has 1 aromatic rings. The maximum absolute atomic E-state index is 10.6. The summed E-state index contributed by atoms with van der Waals surface area (Å²) in [4.78, 5) is 0. The summed E-state index contributed by atoms with van der Waals surface area (Å²) in [6.07, 6.45) is 7.26. The van der Waals surface area contributed by atoms with Gasteiger partial charge in [-0.2, -0.15) is 0 Å². The van der Waals surface area contributed by atoms with E-state index in [9.17, 15) is 4.55 Å². The Bertz CT molecular complexity index is 498. The number of nitrogens with zero attached hydrogens (tertiary/aromatic N) is 1. The van der Waals surface area contributed by atoms with E-state index in [2.05, 4.69) is 16.5 Å². The van der Waals surface area contributed by atoms with Gasteiger partial charge < -0.3 is 4.55 Å². The number of hydrogen-bond acceptors (Lipinski definition) is 2. The topological polar surface area (TPSA) is 32.6 Å². The molecule has 0 bridgehead atoms. The first-order valence-corrected chi connectivity index (χ1v) is 9.32. The summed E-state index contributed by atoms with van der Waals surface area (Å²) in [5, 5.41) is 0.757. The van der Waals surface area contributed by atoms with Gasteiger partial charge in [0.15, 0.2) is 0 Å². The van der Waals surface area contributed by atoms with E-state index in [-0.39, 0.29) is 10.2 Å². The Kier molecular flexibility index (Phi) is 4.25. The highest BCUT2D eigenvalue weighted by Crippen LogP contribution is 2.54. The molecule has 0 spiro atoms. The largest absolute Gasteiger partial charge is 0.331 e. The van der Waals surface area contributed by atoms with Crippen LogP contribution in [0.1, 0.15) is 45.6 Å². The van der Waals surface area contributed by atoms with Gasteiger partial charge in [-0.05, 0) is 61.8 Å². The fourth-order valence-corrected chi connectivity index (χ4v) is 3.04. The lowest BCUT2D eigenvalue weighted by molar-refractivity contribution is 0.348. The van der Waals surface area contributed by atoms with Crippen LogP contribution < -0.4 is 0 Å². The van der Waals surface area contributed by atoms with E-state index >= 15 is 0 Å². The van der Waals surface area contributed by atoms with Gasteiger partial charge >= 0.3 is 0 Å². The molecular formula is C16H24ClNOS. The van der Waals surface area contributed by atoms with Crippen LogP contribution in [0.25, 0.3) is 0 Å². The molecule has 1 aromatic carbocycles. The van der Waals surface area contributed by atoms with Crippen LogP contribution in [-0.4, -0.2) is 21.8 Å². The van der Waals surface area contributed by atoms with Crippen molar-refractivity contribution in [1.82, 2.24) is 0 Å². The van der Waals surface area contributed by atoms with Gasteiger partial charge in [-0.15, -0.1) is 0 Å². The summed E-state index contributed by atoms with van der Waals surface area (Å²) >= 11 is 5.96. The van der Waals surface area contributed by atoms with Crippen LogP contribution in [0.5, 0.6) is 0 Å². The summed E-state index contributed by atoms with van der Waals surface area (Å²) in [7, 11) is -1.98. The zero-order valence-electron chi connectivity index (χ0n) is 12.7. The minimum absolute atomic E-state index is 0.00711. The smallest absolute Gasteiger partial charge is 0.0406 e. The molecular weight excluding hydrogens is 290 g/mol. The first-order chi connectivity index (χ1) is 9.16. The van der Waals surface area contributed by atoms with Crippen LogP contribution in [0.3, 0.4) is 0 Å². The van der Waals surface area contributed by atoms with Crippen molar-refractivity contribution in [2.45, 2.75) is 50.2 Å². The van der Waals surface area contributed by atoms with Crippen molar-refractivity contribution in [1.29, 1.82) is 0 Å². The van der Waals surface area contributed by atoms with E-state index < -0.39 is 10.5 Å². The number of benzene rings is 1. The van der Waals surface area contributed by atoms with Crippen molar-refractivity contribution in [2.75, 3.05) is 6.26 Å². The molecule has 1 fully saturated rings. The predicted octanol–water partition coefficient (Wildman–Crippen LogP) is 5.45. The number of halogens is 1. The Morgan fingerprint density at radius 1 is 1.25 bits per heavy atom. The predicted molar refractivity (Wildman–Crippen MR) is 91.4 cm³/mol. The van der Waals surface area contributed by atoms with E-state index in [0.29, 0.717) is 0 Å². The molecule has 2 rings (SSSR count). The van der Waals surface area contributed by atoms with E-state index in [1.54, 1.807) is 0 Å². The van der Waals surface area contributed by atoms with Gasteiger partial charge in [0.1, 0.15) is 0 Å². The third-order valence-electron chi connectivity index (χ3n) is 4.33. The van der Waals surface area contributed by atoms with Crippen LogP contribution in [0.15, 0.2) is 28.7 Å². The van der Waals surface area contributed by atoms with Gasteiger partial charge in [-0.25, -0.2) is 4.40 Å². The van der Waals surface area contributed by atoms with Crippen molar-refractivity contribution in [3.63, 3.8) is 0 Å². The molecule has 2 nitrogen and oxygen atoms in total. The van der Waals surface area contributed by atoms with E-state index in [4.69, 9.17) is 11.6 Å². The number of hydrogen-bond donors (Lipinski definition) is 1. The fourth-order valence-electron chi connectivity index (χ4n) is 2.19. The van der Waals surface area contributed by atoms with E-state index in [1.807, 2.05) is 45.4 Å². The number of rotatable bonds is 3. The van der Waals surface area contributed by atoms with Crippen LogP contribution in [0.2, 0.25) is 5.02 Å². The minimum atomic E-state index is -1.98. The molecule has 0 amide bonds. The highest BCUT2D eigenvalue weighted by Gasteiger charge is 2.38. The van der Waals surface area contributed by atoms with Crippen molar-refractivity contribution >= 4 is 28.3 Å². The van der Waals surface area contributed by atoms with Gasteiger partial charge in [-0.1, -0.05) is 30.2 Å². The van der Waals surface area contributed by atoms with Gasteiger partial charge in [-0.3, -0.25) is 0 Å². The summed E-state index contributed by atoms with van der Waals surface area (Å²) in [5.74, 6) is 0. The highest BCUT2D eigenvalue weighted by atomic mass is 35.5.